The molecule has 110 valence electrons. The Balaban J connectivity index is 1.96. The highest BCUT2D eigenvalue weighted by Gasteiger charge is 2.14. The molecule has 0 saturated heterocycles. The van der Waals surface area contributed by atoms with Crippen molar-refractivity contribution < 1.29 is 4.74 Å². The first kappa shape index (κ1) is 13.6. The van der Waals surface area contributed by atoms with Gasteiger partial charge in [0.2, 0.25) is 5.88 Å². The van der Waals surface area contributed by atoms with Crippen LogP contribution in [0, 0.1) is 0 Å². The van der Waals surface area contributed by atoms with Gasteiger partial charge in [0.1, 0.15) is 5.65 Å². The fourth-order valence-electron chi connectivity index (χ4n) is 2.24. The maximum atomic E-state index is 5.91. The van der Waals surface area contributed by atoms with Crippen LogP contribution in [0.3, 0.4) is 0 Å². The molecule has 3 heterocycles. The van der Waals surface area contributed by atoms with Crippen molar-refractivity contribution >= 4 is 5.65 Å². The summed E-state index contributed by atoms with van der Waals surface area (Å²) in [5.74, 6) is 1.28. The molecule has 0 aliphatic heterocycles. The minimum atomic E-state index is 0.298. The second kappa shape index (κ2) is 5.57. The van der Waals surface area contributed by atoms with E-state index in [4.69, 9.17) is 10.5 Å². The van der Waals surface area contributed by atoms with Crippen LogP contribution in [0.4, 0.5) is 0 Å². The highest BCUT2D eigenvalue weighted by molar-refractivity contribution is 5.46. The van der Waals surface area contributed by atoms with Gasteiger partial charge in [0.25, 0.3) is 0 Å². The Kier molecular flexibility index (Phi) is 3.62. The average molecular weight is 285 g/mol. The van der Waals surface area contributed by atoms with Gasteiger partial charge in [0.05, 0.1) is 18.1 Å². The average Bonchev–Trinajstić information content (AvgIpc) is 3.06. The molecule has 0 aliphatic carbocycles. The minimum absolute atomic E-state index is 0.298. The molecule has 0 amide bonds. The van der Waals surface area contributed by atoms with Crippen LogP contribution < -0.4 is 10.5 Å². The molecule has 0 fully saturated rings. The fourth-order valence-corrected chi connectivity index (χ4v) is 2.24. The highest BCUT2D eigenvalue weighted by atomic mass is 16.5. The van der Waals surface area contributed by atoms with E-state index in [0.717, 1.165) is 11.3 Å². The Bertz CT molecular complexity index is 743. The van der Waals surface area contributed by atoms with Crippen LogP contribution in [0.1, 0.15) is 25.6 Å². The van der Waals surface area contributed by atoms with E-state index in [-0.39, 0.29) is 0 Å². The molecule has 6 heteroatoms. The molecule has 21 heavy (non-hydrogen) atoms. The summed E-state index contributed by atoms with van der Waals surface area (Å²) in [4.78, 5) is 4.53. The molecule has 0 aliphatic rings. The molecule has 3 aromatic heterocycles. The zero-order chi connectivity index (χ0) is 14.8. The van der Waals surface area contributed by atoms with Gasteiger partial charge in [-0.15, -0.1) is 0 Å². The number of ether oxygens (including phenoxy) is 1. The van der Waals surface area contributed by atoms with Gasteiger partial charge in [-0.05, 0) is 32.5 Å². The molecular formula is C15H19N5O. The summed E-state index contributed by atoms with van der Waals surface area (Å²) in [7, 11) is 0. The van der Waals surface area contributed by atoms with Crippen LogP contribution in [0.2, 0.25) is 0 Å². The third-order valence-electron chi connectivity index (χ3n) is 3.29. The Morgan fingerprint density at radius 2 is 2.19 bits per heavy atom. The number of rotatable bonds is 5. The van der Waals surface area contributed by atoms with Crippen molar-refractivity contribution in [1.29, 1.82) is 0 Å². The summed E-state index contributed by atoms with van der Waals surface area (Å²) in [5.41, 5.74) is 7.53. The standard InChI is InChI=1S/C15H19N5O/c1-11(2)20-10-12(9-17-20)21-15-13(6-7-16)19-8-4-3-5-14(19)18-15/h3-5,8-11H,6-7,16H2,1-2H3. The normalized spacial score (nSPS) is 11.4. The zero-order valence-electron chi connectivity index (χ0n) is 12.2. The van der Waals surface area contributed by atoms with Crippen LogP contribution in [0.15, 0.2) is 36.8 Å². The van der Waals surface area contributed by atoms with Gasteiger partial charge < -0.3 is 14.9 Å². The maximum Gasteiger partial charge on any atom is 0.241 e. The monoisotopic (exact) mass is 285 g/mol. The number of hydrogen-bond donors (Lipinski definition) is 1. The highest BCUT2D eigenvalue weighted by Crippen LogP contribution is 2.26. The summed E-state index contributed by atoms with van der Waals surface area (Å²) >= 11 is 0. The summed E-state index contributed by atoms with van der Waals surface area (Å²) in [6.07, 6.45) is 6.26. The number of hydrogen-bond acceptors (Lipinski definition) is 4. The lowest BCUT2D eigenvalue weighted by Gasteiger charge is -2.04. The largest absolute Gasteiger partial charge is 0.434 e. The molecule has 0 atom stereocenters. The third kappa shape index (κ3) is 2.62. The summed E-state index contributed by atoms with van der Waals surface area (Å²) in [6, 6.07) is 6.17. The first-order valence-electron chi connectivity index (χ1n) is 7.07. The van der Waals surface area contributed by atoms with Crippen molar-refractivity contribution in [3.8, 4) is 11.6 Å². The third-order valence-corrected chi connectivity index (χ3v) is 3.29. The summed E-state index contributed by atoms with van der Waals surface area (Å²) in [5, 5.41) is 4.27. The molecule has 3 rings (SSSR count). The quantitative estimate of drug-likeness (QED) is 0.781. The predicted octanol–water partition coefficient (Wildman–Crippen LogP) is 2.41. The Hall–Kier alpha value is -2.34. The second-order valence-electron chi connectivity index (χ2n) is 5.18. The van der Waals surface area contributed by atoms with E-state index < -0.39 is 0 Å². The molecule has 0 spiro atoms. The van der Waals surface area contributed by atoms with Gasteiger partial charge in [-0.3, -0.25) is 4.68 Å². The minimum Gasteiger partial charge on any atom is -0.434 e. The molecule has 0 saturated carbocycles. The lowest BCUT2D eigenvalue weighted by atomic mass is 10.3. The van der Waals surface area contributed by atoms with Crippen LogP contribution in [-0.4, -0.2) is 25.7 Å². The van der Waals surface area contributed by atoms with Gasteiger partial charge in [-0.1, -0.05) is 6.07 Å². The van der Waals surface area contributed by atoms with Gasteiger partial charge in [0.15, 0.2) is 5.75 Å². The van der Waals surface area contributed by atoms with Crippen molar-refractivity contribution in [2.75, 3.05) is 6.54 Å². The van der Waals surface area contributed by atoms with Crippen molar-refractivity contribution in [1.82, 2.24) is 19.2 Å². The van der Waals surface area contributed by atoms with E-state index in [1.54, 1.807) is 6.20 Å². The number of nitrogens with zero attached hydrogens (tertiary/aromatic N) is 4. The van der Waals surface area contributed by atoms with E-state index in [2.05, 4.69) is 23.9 Å². The van der Waals surface area contributed by atoms with E-state index in [1.807, 2.05) is 39.7 Å². The maximum absolute atomic E-state index is 5.91. The van der Waals surface area contributed by atoms with E-state index >= 15 is 0 Å². The molecule has 0 radical (unpaired) electrons. The zero-order valence-corrected chi connectivity index (χ0v) is 12.2. The SMILES string of the molecule is CC(C)n1cc(Oc2nc3ccccn3c2CCN)cn1. The predicted molar refractivity (Wildman–Crippen MR) is 80.6 cm³/mol. The molecular weight excluding hydrogens is 266 g/mol. The Labute approximate surface area is 123 Å². The van der Waals surface area contributed by atoms with Crippen LogP contribution >= 0.6 is 0 Å². The summed E-state index contributed by atoms with van der Waals surface area (Å²) < 4.78 is 9.77. The molecule has 3 aromatic rings. The van der Waals surface area contributed by atoms with Gasteiger partial charge in [-0.25, -0.2) is 0 Å². The van der Waals surface area contributed by atoms with E-state index in [9.17, 15) is 0 Å². The number of nitrogens with two attached hydrogens (primary N) is 1. The van der Waals surface area contributed by atoms with Crippen LogP contribution in [-0.2, 0) is 6.42 Å². The van der Waals surface area contributed by atoms with Crippen LogP contribution in [0.25, 0.3) is 5.65 Å². The van der Waals surface area contributed by atoms with E-state index in [1.165, 1.54) is 0 Å². The van der Waals surface area contributed by atoms with Gasteiger partial charge in [0, 0.05) is 18.7 Å². The summed E-state index contributed by atoms with van der Waals surface area (Å²) in [6.45, 7) is 4.69. The van der Waals surface area contributed by atoms with E-state index in [0.29, 0.717) is 30.6 Å². The number of fused-ring (bicyclic) bond motifs is 1. The molecule has 0 bridgehead atoms. The first-order valence-corrected chi connectivity index (χ1v) is 7.07. The first-order chi connectivity index (χ1) is 10.2. The number of imidazole rings is 1. The smallest absolute Gasteiger partial charge is 0.241 e. The number of aromatic nitrogens is 4. The van der Waals surface area contributed by atoms with Crippen molar-refractivity contribution in [3.05, 3.63) is 42.5 Å². The lowest BCUT2D eigenvalue weighted by Crippen LogP contribution is -2.06. The Morgan fingerprint density at radius 1 is 1.33 bits per heavy atom. The topological polar surface area (TPSA) is 70.4 Å². The Morgan fingerprint density at radius 3 is 2.90 bits per heavy atom. The lowest BCUT2D eigenvalue weighted by molar-refractivity contribution is 0.455. The van der Waals surface area contributed by atoms with Crippen molar-refractivity contribution in [3.63, 3.8) is 0 Å². The molecule has 0 unspecified atom stereocenters. The molecule has 6 nitrogen and oxygen atoms in total. The molecule has 0 aromatic carbocycles. The molecule has 2 N–H and O–H groups in total. The van der Waals surface area contributed by atoms with Gasteiger partial charge >= 0.3 is 0 Å². The number of pyridine rings is 1. The fraction of sp³-hybridized carbons (Fsp3) is 0.333. The van der Waals surface area contributed by atoms with Crippen molar-refractivity contribution in [2.24, 2.45) is 5.73 Å². The van der Waals surface area contributed by atoms with Crippen LogP contribution in [0.5, 0.6) is 11.6 Å². The second-order valence-corrected chi connectivity index (χ2v) is 5.18. The van der Waals surface area contributed by atoms with Gasteiger partial charge in [-0.2, -0.15) is 10.1 Å². The van der Waals surface area contributed by atoms with Crippen molar-refractivity contribution in [2.45, 2.75) is 26.3 Å².